The van der Waals surface area contributed by atoms with Crippen molar-refractivity contribution in [3.8, 4) is 12.3 Å². The molecule has 0 bridgehead atoms. The molecule has 7 nitrogen and oxygen atoms in total. The molecular weight excluding hydrogens is 430 g/mol. The van der Waals surface area contributed by atoms with Crippen molar-refractivity contribution in [3.05, 3.63) is 84.2 Å². The van der Waals surface area contributed by atoms with Gasteiger partial charge in [-0.15, -0.1) is 6.42 Å². The Morgan fingerprint density at radius 2 is 1.91 bits per heavy atom. The average Bonchev–Trinajstić information content (AvgIpc) is 3.47. The second-order valence-corrected chi connectivity index (χ2v) is 8.39. The molecule has 5 rings (SSSR count). The summed E-state index contributed by atoms with van der Waals surface area (Å²) in [4.78, 5) is 17.7. The molecule has 8 heteroatoms. The van der Waals surface area contributed by atoms with Crippen LogP contribution in [0.1, 0.15) is 23.9 Å². The van der Waals surface area contributed by atoms with Crippen molar-refractivity contribution in [2.45, 2.75) is 19.9 Å². The van der Waals surface area contributed by atoms with Crippen LogP contribution in [0.25, 0.3) is 10.3 Å². The summed E-state index contributed by atoms with van der Waals surface area (Å²) in [5.41, 5.74) is 4.48. The van der Waals surface area contributed by atoms with Gasteiger partial charge in [0.2, 0.25) is 0 Å². The Balaban J connectivity index is 1.33. The van der Waals surface area contributed by atoms with Crippen molar-refractivity contribution in [3.63, 3.8) is 0 Å². The first-order valence-corrected chi connectivity index (χ1v) is 11.3. The number of aromatic nitrogens is 5. The van der Waals surface area contributed by atoms with Gasteiger partial charge in [-0.05, 0) is 35.9 Å². The quantitative estimate of drug-likeness (QED) is 0.324. The van der Waals surface area contributed by atoms with Crippen LogP contribution in [0.3, 0.4) is 0 Å². The molecule has 0 aliphatic carbocycles. The van der Waals surface area contributed by atoms with Crippen LogP contribution in [0.15, 0.2) is 67.3 Å². The molecule has 0 spiro atoms. The number of nitrogens with one attached hydrogen (secondary N) is 2. The molecule has 3 heterocycles. The summed E-state index contributed by atoms with van der Waals surface area (Å²) < 4.78 is 3.04. The second-order valence-electron chi connectivity index (χ2n) is 7.39. The van der Waals surface area contributed by atoms with E-state index in [0.29, 0.717) is 11.5 Å². The number of hydrogen-bond acceptors (Lipinski definition) is 7. The van der Waals surface area contributed by atoms with Crippen LogP contribution in [0, 0.1) is 12.3 Å². The van der Waals surface area contributed by atoms with Crippen molar-refractivity contribution in [2.24, 2.45) is 0 Å². The summed E-state index contributed by atoms with van der Waals surface area (Å²) in [6.07, 6.45) is 11.8. The monoisotopic (exact) mass is 451 g/mol. The summed E-state index contributed by atoms with van der Waals surface area (Å²) in [5, 5.41) is 7.45. The van der Waals surface area contributed by atoms with E-state index < -0.39 is 0 Å². The highest BCUT2D eigenvalue weighted by atomic mass is 32.1. The molecule has 0 atom stereocenters. The molecule has 162 valence electrons. The minimum atomic E-state index is 0.636. The lowest BCUT2D eigenvalue weighted by Gasteiger charge is -2.08. The van der Waals surface area contributed by atoms with Gasteiger partial charge < -0.3 is 15.2 Å². The number of imidazole rings is 1. The van der Waals surface area contributed by atoms with E-state index in [0.717, 1.165) is 45.6 Å². The molecule has 2 aromatic carbocycles. The van der Waals surface area contributed by atoms with Crippen molar-refractivity contribution >= 4 is 44.0 Å². The number of hydrogen-bond donors (Lipinski definition) is 2. The van der Waals surface area contributed by atoms with Crippen molar-refractivity contribution < 1.29 is 0 Å². The number of thiazole rings is 1. The first kappa shape index (κ1) is 20.7. The summed E-state index contributed by atoms with van der Waals surface area (Å²) in [6, 6.07) is 16.0. The molecule has 0 aliphatic heterocycles. The third-order valence-electron chi connectivity index (χ3n) is 5.16. The van der Waals surface area contributed by atoms with Gasteiger partial charge in [-0.3, -0.25) is 0 Å². The number of rotatable bonds is 7. The Bertz CT molecular complexity index is 1440. The highest BCUT2D eigenvalue weighted by molar-refractivity contribution is 7.22. The third-order valence-corrected chi connectivity index (χ3v) is 6.13. The van der Waals surface area contributed by atoms with E-state index >= 15 is 0 Å². The average molecular weight is 452 g/mol. The molecule has 0 fully saturated rings. The molecule has 0 amide bonds. The zero-order valence-corrected chi connectivity index (χ0v) is 18.8. The van der Waals surface area contributed by atoms with Crippen molar-refractivity contribution in [1.82, 2.24) is 24.5 Å². The molecule has 5 aromatic rings. The van der Waals surface area contributed by atoms with E-state index in [9.17, 15) is 0 Å². The van der Waals surface area contributed by atoms with Crippen LogP contribution in [0.2, 0.25) is 0 Å². The van der Waals surface area contributed by atoms with Gasteiger partial charge in [-0.25, -0.2) is 15.0 Å². The fourth-order valence-corrected chi connectivity index (χ4v) is 4.42. The molecule has 33 heavy (non-hydrogen) atoms. The Morgan fingerprint density at radius 1 is 1.03 bits per heavy atom. The topological polar surface area (TPSA) is 80.5 Å². The SMILES string of the molecule is C#Cc1cccc(Nc2ncnc3nc(Nc4ccc(Cn5ccnc5CC)cc4)sc23)c1. The number of fused-ring (bicyclic) bond motifs is 1. The predicted molar refractivity (Wildman–Crippen MR) is 133 cm³/mol. The molecule has 0 saturated heterocycles. The number of benzene rings is 2. The van der Waals surface area contributed by atoms with Crippen LogP contribution < -0.4 is 10.6 Å². The normalized spacial score (nSPS) is 10.8. The van der Waals surface area contributed by atoms with Gasteiger partial charge in [0, 0.05) is 42.3 Å². The molecule has 3 aromatic heterocycles. The number of aryl methyl sites for hydroxylation is 1. The van der Waals surface area contributed by atoms with Crippen LogP contribution in [-0.2, 0) is 13.0 Å². The molecule has 0 aliphatic rings. The smallest absolute Gasteiger partial charge is 0.189 e. The lowest BCUT2D eigenvalue weighted by molar-refractivity contribution is 0.732. The number of nitrogens with zero attached hydrogens (tertiary/aromatic N) is 5. The van der Waals surface area contributed by atoms with Gasteiger partial charge in [0.05, 0.1) is 0 Å². The van der Waals surface area contributed by atoms with E-state index in [1.165, 1.54) is 23.2 Å². The van der Waals surface area contributed by atoms with Crippen LogP contribution in [0.5, 0.6) is 0 Å². The van der Waals surface area contributed by atoms with E-state index in [2.05, 4.69) is 72.2 Å². The minimum Gasteiger partial charge on any atom is -0.339 e. The molecule has 0 unspecified atom stereocenters. The zero-order chi connectivity index (χ0) is 22.6. The first-order chi connectivity index (χ1) is 16.2. The molecule has 0 saturated carbocycles. The Kier molecular flexibility index (Phi) is 5.70. The highest BCUT2D eigenvalue weighted by Crippen LogP contribution is 2.32. The Morgan fingerprint density at radius 3 is 2.73 bits per heavy atom. The molecular formula is C25H21N7S. The first-order valence-electron chi connectivity index (χ1n) is 10.5. The van der Waals surface area contributed by atoms with Crippen LogP contribution in [0.4, 0.5) is 22.3 Å². The van der Waals surface area contributed by atoms with Gasteiger partial charge in [-0.1, -0.05) is 42.4 Å². The lowest BCUT2D eigenvalue weighted by atomic mass is 10.2. The van der Waals surface area contributed by atoms with Crippen LogP contribution >= 0.6 is 11.3 Å². The van der Waals surface area contributed by atoms with Crippen molar-refractivity contribution in [2.75, 3.05) is 10.6 Å². The summed E-state index contributed by atoms with van der Waals surface area (Å²) in [7, 11) is 0. The Labute approximate surface area is 195 Å². The summed E-state index contributed by atoms with van der Waals surface area (Å²) in [5.74, 6) is 4.43. The third kappa shape index (κ3) is 4.54. The number of terminal acetylenes is 1. The van der Waals surface area contributed by atoms with Gasteiger partial charge in [0.1, 0.15) is 16.9 Å². The minimum absolute atomic E-state index is 0.636. The van der Waals surface area contributed by atoms with Gasteiger partial charge in [0.15, 0.2) is 16.6 Å². The van der Waals surface area contributed by atoms with Gasteiger partial charge in [-0.2, -0.15) is 4.98 Å². The Hall–Kier alpha value is -4.22. The van der Waals surface area contributed by atoms with E-state index in [1.807, 2.05) is 36.7 Å². The maximum Gasteiger partial charge on any atom is 0.189 e. The summed E-state index contributed by atoms with van der Waals surface area (Å²) >= 11 is 1.50. The van der Waals surface area contributed by atoms with E-state index in [-0.39, 0.29) is 0 Å². The standard InChI is InChI=1S/C25H21N7S/c1-3-17-6-5-7-20(14-17)29-23-22-24(28-16-27-23)31-25(33-22)30-19-10-8-18(9-11-19)15-32-13-12-26-21(32)4-2/h1,5-14,16H,4,15H2,2H3,(H2,27,28,29,30,31). The second kappa shape index (κ2) is 9.10. The van der Waals surface area contributed by atoms with Crippen LogP contribution in [-0.4, -0.2) is 24.5 Å². The number of anilines is 4. The molecule has 2 N–H and O–H groups in total. The lowest BCUT2D eigenvalue weighted by Crippen LogP contribution is -2.03. The summed E-state index contributed by atoms with van der Waals surface area (Å²) in [6.45, 7) is 2.92. The van der Waals surface area contributed by atoms with Gasteiger partial charge in [0.25, 0.3) is 0 Å². The maximum absolute atomic E-state index is 5.51. The van der Waals surface area contributed by atoms with E-state index in [1.54, 1.807) is 0 Å². The van der Waals surface area contributed by atoms with E-state index in [4.69, 9.17) is 6.42 Å². The fourth-order valence-electron chi connectivity index (χ4n) is 3.53. The maximum atomic E-state index is 5.51. The largest absolute Gasteiger partial charge is 0.339 e. The predicted octanol–water partition coefficient (Wildman–Crippen LogP) is 5.36. The molecule has 0 radical (unpaired) electrons. The van der Waals surface area contributed by atoms with Gasteiger partial charge >= 0.3 is 0 Å². The fraction of sp³-hybridized carbons (Fsp3) is 0.120. The van der Waals surface area contributed by atoms with Crippen molar-refractivity contribution in [1.29, 1.82) is 0 Å². The zero-order valence-electron chi connectivity index (χ0n) is 18.0. The highest BCUT2D eigenvalue weighted by Gasteiger charge is 2.11.